The number of hydrogen-bond acceptors (Lipinski definition) is 5. The minimum Gasteiger partial charge on any atom is -0.507 e. The Hall–Kier alpha value is -3.02. The predicted molar refractivity (Wildman–Crippen MR) is 94.7 cm³/mol. The Morgan fingerprint density at radius 1 is 1.21 bits per heavy atom. The van der Waals surface area contributed by atoms with Gasteiger partial charge < -0.3 is 15.2 Å². The highest BCUT2D eigenvalue weighted by Gasteiger charge is 2.07. The maximum atomic E-state index is 11.8. The molecule has 0 heterocycles. The zero-order valence-electron chi connectivity index (χ0n) is 14.0. The standard InChI is InChI=1S/C18H21N3O3/c1-12-4-6-14(7-5-12)19-11-18(23)21-20-13(2)16-9-8-15(24-3)10-17(16)22/h4-10,19,22H,11H2,1-3H3,(H,21,23)/b20-13+. The minimum atomic E-state index is -0.275. The van der Waals surface area contributed by atoms with Crippen molar-refractivity contribution in [1.82, 2.24) is 5.43 Å². The quantitative estimate of drug-likeness (QED) is 0.563. The number of anilines is 1. The van der Waals surface area contributed by atoms with Crippen molar-refractivity contribution in [3.63, 3.8) is 0 Å². The van der Waals surface area contributed by atoms with Gasteiger partial charge in [-0.05, 0) is 38.1 Å². The molecule has 0 aromatic heterocycles. The van der Waals surface area contributed by atoms with Gasteiger partial charge in [0.25, 0.3) is 5.91 Å². The summed E-state index contributed by atoms with van der Waals surface area (Å²) < 4.78 is 5.03. The van der Waals surface area contributed by atoms with Crippen LogP contribution in [0.1, 0.15) is 18.1 Å². The number of hydrogen-bond donors (Lipinski definition) is 3. The fourth-order valence-electron chi connectivity index (χ4n) is 2.04. The van der Waals surface area contributed by atoms with E-state index < -0.39 is 0 Å². The summed E-state index contributed by atoms with van der Waals surface area (Å²) in [4.78, 5) is 11.8. The van der Waals surface area contributed by atoms with Crippen LogP contribution >= 0.6 is 0 Å². The third-order valence-electron chi connectivity index (χ3n) is 3.45. The van der Waals surface area contributed by atoms with Gasteiger partial charge in [-0.1, -0.05) is 17.7 Å². The summed E-state index contributed by atoms with van der Waals surface area (Å²) in [6.07, 6.45) is 0. The number of phenols is 1. The van der Waals surface area contributed by atoms with Gasteiger partial charge >= 0.3 is 0 Å². The maximum absolute atomic E-state index is 11.8. The first kappa shape index (κ1) is 17.3. The number of hydrazone groups is 1. The minimum absolute atomic E-state index is 0.0441. The Morgan fingerprint density at radius 3 is 2.54 bits per heavy atom. The van der Waals surface area contributed by atoms with E-state index in [9.17, 15) is 9.90 Å². The monoisotopic (exact) mass is 327 g/mol. The molecule has 0 atom stereocenters. The molecule has 6 heteroatoms. The number of carbonyl (C=O) groups is 1. The molecule has 2 aromatic carbocycles. The number of amides is 1. The molecule has 0 aliphatic rings. The van der Waals surface area contributed by atoms with Crippen molar-refractivity contribution in [2.24, 2.45) is 5.10 Å². The fourth-order valence-corrected chi connectivity index (χ4v) is 2.04. The van der Waals surface area contributed by atoms with Gasteiger partial charge in [0.1, 0.15) is 11.5 Å². The Labute approximate surface area is 141 Å². The summed E-state index contributed by atoms with van der Waals surface area (Å²) in [5.74, 6) is 0.320. The summed E-state index contributed by atoms with van der Waals surface area (Å²) in [6, 6.07) is 12.6. The van der Waals surface area contributed by atoms with Gasteiger partial charge in [-0.3, -0.25) is 4.79 Å². The largest absolute Gasteiger partial charge is 0.507 e. The molecule has 6 nitrogen and oxygen atoms in total. The van der Waals surface area contributed by atoms with Crippen LogP contribution in [-0.4, -0.2) is 30.4 Å². The van der Waals surface area contributed by atoms with E-state index in [2.05, 4.69) is 15.8 Å². The predicted octanol–water partition coefficient (Wildman–Crippen LogP) is 2.66. The Morgan fingerprint density at radius 2 is 1.92 bits per heavy atom. The number of methoxy groups -OCH3 is 1. The average molecular weight is 327 g/mol. The molecule has 126 valence electrons. The topological polar surface area (TPSA) is 83.0 Å². The Kier molecular flexibility index (Phi) is 5.78. The number of ether oxygens (including phenoxy) is 1. The number of carbonyl (C=O) groups excluding carboxylic acids is 1. The zero-order chi connectivity index (χ0) is 17.5. The van der Waals surface area contributed by atoms with Gasteiger partial charge in [0.05, 0.1) is 19.4 Å². The summed E-state index contributed by atoms with van der Waals surface area (Å²) in [5, 5.41) is 17.0. The second-order valence-corrected chi connectivity index (χ2v) is 5.33. The van der Waals surface area contributed by atoms with Crippen molar-refractivity contribution in [3.05, 3.63) is 53.6 Å². The molecule has 2 rings (SSSR count). The van der Waals surface area contributed by atoms with Crippen molar-refractivity contribution >= 4 is 17.3 Å². The van der Waals surface area contributed by atoms with Crippen LogP contribution in [0, 0.1) is 6.92 Å². The van der Waals surface area contributed by atoms with E-state index in [1.807, 2.05) is 31.2 Å². The number of benzene rings is 2. The summed E-state index contributed by atoms with van der Waals surface area (Å²) in [7, 11) is 1.52. The summed E-state index contributed by atoms with van der Waals surface area (Å²) >= 11 is 0. The molecular formula is C18H21N3O3. The molecule has 24 heavy (non-hydrogen) atoms. The molecule has 0 saturated heterocycles. The highest BCUT2D eigenvalue weighted by molar-refractivity contribution is 6.01. The third kappa shape index (κ3) is 4.74. The number of nitrogens with zero attached hydrogens (tertiary/aromatic N) is 1. The van der Waals surface area contributed by atoms with Gasteiger partial charge in [-0.25, -0.2) is 5.43 Å². The number of aromatic hydroxyl groups is 1. The highest BCUT2D eigenvalue weighted by atomic mass is 16.5. The number of aryl methyl sites for hydroxylation is 1. The molecule has 0 aliphatic heterocycles. The van der Waals surface area contributed by atoms with Crippen LogP contribution in [-0.2, 0) is 4.79 Å². The van der Waals surface area contributed by atoms with E-state index in [0.717, 1.165) is 11.3 Å². The van der Waals surface area contributed by atoms with Crippen molar-refractivity contribution in [1.29, 1.82) is 0 Å². The molecule has 1 amide bonds. The van der Waals surface area contributed by atoms with E-state index in [1.54, 1.807) is 19.1 Å². The van der Waals surface area contributed by atoms with E-state index in [0.29, 0.717) is 17.0 Å². The van der Waals surface area contributed by atoms with Crippen molar-refractivity contribution in [3.8, 4) is 11.5 Å². The lowest BCUT2D eigenvalue weighted by atomic mass is 10.1. The smallest absolute Gasteiger partial charge is 0.259 e. The lowest BCUT2D eigenvalue weighted by Crippen LogP contribution is -2.26. The van der Waals surface area contributed by atoms with Crippen LogP contribution in [0.15, 0.2) is 47.6 Å². The molecule has 3 N–H and O–H groups in total. The molecular weight excluding hydrogens is 306 g/mol. The lowest BCUT2D eigenvalue weighted by Gasteiger charge is -2.08. The molecule has 2 aromatic rings. The van der Waals surface area contributed by atoms with Crippen molar-refractivity contribution in [2.75, 3.05) is 19.0 Å². The highest BCUT2D eigenvalue weighted by Crippen LogP contribution is 2.23. The van der Waals surface area contributed by atoms with Gasteiger partial charge in [-0.15, -0.1) is 0 Å². The van der Waals surface area contributed by atoms with Crippen LogP contribution in [0.3, 0.4) is 0 Å². The summed E-state index contributed by atoms with van der Waals surface area (Å²) in [5.41, 5.74) is 5.51. The molecule has 0 spiro atoms. The number of rotatable bonds is 6. The number of phenolic OH excluding ortho intramolecular Hbond substituents is 1. The molecule has 0 fully saturated rings. The van der Waals surface area contributed by atoms with Gasteiger partial charge in [-0.2, -0.15) is 5.10 Å². The van der Waals surface area contributed by atoms with Gasteiger partial charge in [0.15, 0.2) is 0 Å². The zero-order valence-corrected chi connectivity index (χ0v) is 14.0. The van der Waals surface area contributed by atoms with Crippen molar-refractivity contribution in [2.45, 2.75) is 13.8 Å². The van der Waals surface area contributed by atoms with Gasteiger partial charge in [0, 0.05) is 17.3 Å². The molecule has 0 bridgehead atoms. The second kappa shape index (κ2) is 8.01. The molecule has 0 aliphatic carbocycles. The van der Waals surface area contributed by atoms with Crippen LogP contribution < -0.4 is 15.5 Å². The van der Waals surface area contributed by atoms with Crippen molar-refractivity contribution < 1.29 is 14.6 Å². The average Bonchev–Trinajstić information content (AvgIpc) is 2.59. The van der Waals surface area contributed by atoms with E-state index in [-0.39, 0.29) is 18.2 Å². The van der Waals surface area contributed by atoms with E-state index >= 15 is 0 Å². The Bertz CT molecular complexity index is 740. The van der Waals surface area contributed by atoms with Crippen LogP contribution in [0.25, 0.3) is 0 Å². The summed E-state index contributed by atoms with van der Waals surface area (Å²) in [6.45, 7) is 3.81. The SMILES string of the molecule is COc1ccc(/C(C)=N/NC(=O)CNc2ccc(C)cc2)c(O)c1. The Balaban J connectivity index is 1.91. The van der Waals surface area contributed by atoms with E-state index in [4.69, 9.17) is 4.74 Å². The molecule has 0 radical (unpaired) electrons. The molecule has 0 saturated carbocycles. The first-order valence-electron chi connectivity index (χ1n) is 7.50. The first-order chi connectivity index (χ1) is 11.5. The van der Waals surface area contributed by atoms with Gasteiger partial charge in [0.2, 0.25) is 0 Å². The van der Waals surface area contributed by atoms with Crippen LogP contribution in [0.2, 0.25) is 0 Å². The lowest BCUT2D eigenvalue weighted by molar-refractivity contribution is -0.119. The maximum Gasteiger partial charge on any atom is 0.259 e. The molecule has 0 unspecified atom stereocenters. The fraction of sp³-hybridized carbons (Fsp3) is 0.222. The first-order valence-corrected chi connectivity index (χ1v) is 7.50. The normalized spacial score (nSPS) is 11.0. The van der Waals surface area contributed by atoms with Crippen LogP contribution in [0.5, 0.6) is 11.5 Å². The second-order valence-electron chi connectivity index (χ2n) is 5.33. The third-order valence-corrected chi connectivity index (χ3v) is 3.45. The number of nitrogens with one attached hydrogen (secondary N) is 2. The van der Waals surface area contributed by atoms with E-state index in [1.165, 1.54) is 13.2 Å². The van der Waals surface area contributed by atoms with Crippen LogP contribution in [0.4, 0.5) is 5.69 Å².